The fourth-order valence-electron chi connectivity index (χ4n) is 3.08. The Morgan fingerprint density at radius 1 is 1.07 bits per heavy atom. The van der Waals surface area contributed by atoms with Crippen LogP contribution in [0.4, 0.5) is 13.2 Å². The zero-order valence-electron chi connectivity index (χ0n) is 15.9. The second-order valence-electron chi connectivity index (χ2n) is 7.12. The molecule has 1 amide bonds. The third kappa shape index (κ3) is 4.82. The second-order valence-corrected chi connectivity index (χ2v) is 9.07. The number of carbonyl (C=O) groups is 1. The summed E-state index contributed by atoms with van der Waals surface area (Å²) in [5.74, 6) is -0.313. The third-order valence-corrected chi connectivity index (χ3v) is 6.76. The average Bonchev–Trinajstić information content (AvgIpc) is 2.72. The van der Waals surface area contributed by atoms with Crippen LogP contribution in [-0.2, 0) is 32.1 Å². The van der Waals surface area contributed by atoms with Gasteiger partial charge in [0.1, 0.15) is 0 Å². The highest BCUT2D eigenvalue weighted by molar-refractivity contribution is 7.91. The summed E-state index contributed by atoms with van der Waals surface area (Å²) in [6.45, 7) is 0.959. The Morgan fingerprint density at radius 3 is 2.30 bits per heavy atom. The first-order chi connectivity index (χ1) is 14.0. The van der Waals surface area contributed by atoms with E-state index in [-0.39, 0.29) is 17.3 Å². The molecule has 0 spiro atoms. The summed E-state index contributed by atoms with van der Waals surface area (Å²) in [5, 5.41) is 2.73. The number of carbonyl (C=O) groups excluding carboxylic acids is 1. The van der Waals surface area contributed by atoms with Gasteiger partial charge in [-0.05, 0) is 48.7 Å². The Labute approximate surface area is 172 Å². The van der Waals surface area contributed by atoms with Crippen LogP contribution in [0.25, 0.3) is 0 Å². The first-order valence-corrected chi connectivity index (χ1v) is 10.7. The van der Waals surface area contributed by atoms with Gasteiger partial charge < -0.3 is 15.8 Å². The quantitative estimate of drug-likeness (QED) is 0.742. The molecule has 0 radical (unpaired) electrons. The number of alkyl halides is 3. The molecule has 1 aliphatic heterocycles. The summed E-state index contributed by atoms with van der Waals surface area (Å²) in [6.07, 6.45) is -3.82. The van der Waals surface area contributed by atoms with Gasteiger partial charge in [0.25, 0.3) is 0 Å². The molecule has 10 heteroatoms. The molecule has 2 aromatic carbocycles. The molecule has 162 valence electrons. The number of hydrogen-bond donors (Lipinski definition) is 2. The normalized spacial score (nSPS) is 16.8. The molecule has 30 heavy (non-hydrogen) atoms. The van der Waals surface area contributed by atoms with Crippen molar-refractivity contribution in [3.63, 3.8) is 0 Å². The van der Waals surface area contributed by atoms with E-state index in [1.807, 2.05) is 0 Å². The lowest BCUT2D eigenvalue weighted by molar-refractivity contribution is -0.137. The summed E-state index contributed by atoms with van der Waals surface area (Å²) in [6, 6.07) is 9.17. The van der Waals surface area contributed by atoms with Gasteiger partial charge in [-0.15, -0.1) is 0 Å². The molecule has 6 nitrogen and oxygen atoms in total. The predicted octanol–water partition coefficient (Wildman–Crippen LogP) is 2.66. The van der Waals surface area contributed by atoms with Crippen molar-refractivity contribution in [1.29, 1.82) is 0 Å². The van der Waals surface area contributed by atoms with E-state index < -0.39 is 32.0 Å². The smallest absolute Gasteiger partial charge is 0.381 e. The highest BCUT2D eigenvalue weighted by atomic mass is 32.2. The van der Waals surface area contributed by atoms with E-state index in [1.165, 1.54) is 24.3 Å². The number of benzene rings is 2. The molecule has 1 saturated heterocycles. The van der Waals surface area contributed by atoms with Crippen molar-refractivity contribution in [2.24, 2.45) is 5.73 Å². The summed E-state index contributed by atoms with van der Waals surface area (Å²) in [5.41, 5.74) is 4.70. The first-order valence-electron chi connectivity index (χ1n) is 9.19. The molecule has 1 heterocycles. The molecule has 2 aromatic rings. The van der Waals surface area contributed by atoms with Gasteiger partial charge in [-0.3, -0.25) is 4.79 Å². The number of nitrogens with one attached hydrogen (secondary N) is 1. The van der Waals surface area contributed by atoms with Crippen LogP contribution in [0.2, 0.25) is 0 Å². The van der Waals surface area contributed by atoms with Crippen LogP contribution in [0.3, 0.4) is 0 Å². The van der Waals surface area contributed by atoms with Crippen LogP contribution in [0.5, 0.6) is 0 Å². The number of halogens is 3. The number of ether oxygens (including phenoxy) is 1. The maximum Gasteiger partial charge on any atom is 0.416 e. The molecule has 3 N–H and O–H groups in total. The molecule has 1 fully saturated rings. The lowest BCUT2D eigenvalue weighted by Gasteiger charge is -2.31. The van der Waals surface area contributed by atoms with Crippen molar-refractivity contribution in [3.8, 4) is 0 Å². The van der Waals surface area contributed by atoms with Crippen molar-refractivity contribution in [3.05, 3.63) is 59.7 Å². The monoisotopic (exact) mass is 442 g/mol. The molecule has 0 saturated carbocycles. The van der Waals surface area contributed by atoms with Crippen molar-refractivity contribution in [1.82, 2.24) is 5.32 Å². The minimum atomic E-state index is -4.64. The Bertz CT molecular complexity index is 1020. The Hall–Kier alpha value is -2.43. The lowest BCUT2D eigenvalue weighted by Crippen LogP contribution is -2.56. The van der Waals surface area contributed by atoms with Crippen molar-refractivity contribution in [2.75, 3.05) is 13.2 Å². The fraction of sp³-hybridized carbons (Fsp3) is 0.350. The number of sulfone groups is 1. The molecule has 3 rings (SSSR count). The molecule has 1 aliphatic rings. The van der Waals surface area contributed by atoms with Gasteiger partial charge in [0.2, 0.25) is 15.7 Å². The zero-order valence-corrected chi connectivity index (χ0v) is 16.7. The molecule has 0 atom stereocenters. The molecular formula is C20H21F3N2O4S. The van der Waals surface area contributed by atoms with Gasteiger partial charge in [0, 0.05) is 19.8 Å². The minimum Gasteiger partial charge on any atom is -0.381 e. The van der Waals surface area contributed by atoms with E-state index in [9.17, 15) is 26.4 Å². The topological polar surface area (TPSA) is 98.5 Å². The van der Waals surface area contributed by atoms with E-state index in [0.717, 1.165) is 18.2 Å². The summed E-state index contributed by atoms with van der Waals surface area (Å²) >= 11 is 0. The van der Waals surface area contributed by atoms with Crippen LogP contribution in [0.15, 0.2) is 58.3 Å². The van der Waals surface area contributed by atoms with Crippen LogP contribution in [0.1, 0.15) is 24.0 Å². The van der Waals surface area contributed by atoms with Gasteiger partial charge in [0.05, 0.1) is 20.9 Å². The number of hydrogen-bond acceptors (Lipinski definition) is 5. The van der Waals surface area contributed by atoms with Crippen LogP contribution in [0, 0.1) is 0 Å². The van der Waals surface area contributed by atoms with Crippen LogP contribution < -0.4 is 11.1 Å². The van der Waals surface area contributed by atoms with E-state index >= 15 is 0 Å². The van der Waals surface area contributed by atoms with E-state index in [4.69, 9.17) is 10.5 Å². The van der Waals surface area contributed by atoms with Gasteiger partial charge in [-0.1, -0.05) is 18.2 Å². The summed E-state index contributed by atoms with van der Waals surface area (Å²) in [4.78, 5) is 11.8. The highest BCUT2D eigenvalue weighted by Crippen LogP contribution is 2.32. The number of rotatable bonds is 5. The number of nitrogens with two attached hydrogens (primary N) is 1. The van der Waals surface area contributed by atoms with Gasteiger partial charge in [0.15, 0.2) is 0 Å². The summed E-state index contributed by atoms with van der Waals surface area (Å²) < 4.78 is 69.2. The van der Waals surface area contributed by atoms with Crippen molar-refractivity contribution in [2.45, 2.75) is 40.9 Å². The molecule has 0 aromatic heterocycles. The molecule has 0 bridgehead atoms. The van der Waals surface area contributed by atoms with E-state index in [0.29, 0.717) is 37.7 Å². The fourth-order valence-corrected chi connectivity index (χ4v) is 4.39. The van der Waals surface area contributed by atoms with Gasteiger partial charge in [-0.2, -0.15) is 13.2 Å². The minimum absolute atomic E-state index is 0.141. The maximum atomic E-state index is 12.9. The van der Waals surface area contributed by atoms with Crippen LogP contribution in [-0.4, -0.2) is 33.1 Å². The Balaban J connectivity index is 1.71. The lowest BCUT2D eigenvalue weighted by atomic mass is 9.90. The van der Waals surface area contributed by atoms with Crippen LogP contribution >= 0.6 is 0 Å². The Morgan fingerprint density at radius 2 is 1.70 bits per heavy atom. The predicted molar refractivity (Wildman–Crippen MR) is 102 cm³/mol. The van der Waals surface area contributed by atoms with E-state index in [1.54, 1.807) is 0 Å². The maximum absolute atomic E-state index is 12.9. The summed E-state index contributed by atoms with van der Waals surface area (Å²) in [7, 11) is -4.12. The SMILES string of the molecule is NC1(C(=O)NCc2ccc(S(=O)(=O)c3cccc(C(F)(F)F)c3)cc2)CCOCC1. The highest BCUT2D eigenvalue weighted by Gasteiger charge is 2.35. The third-order valence-electron chi connectivity index (χ3n) is 5.00. The Kier molecular flexibility index (Phi) is 6.21. The first kappa shape index (κ1) is 22.3. The van der Waals surface area contributed by atoms with Crippen molar-refractivity contribution >= 4 is 15.7 Å². The zero-order chi connectivity index (χ0) is 22.0. The number of amides is 1. The van der Waals surface area contributed by atoms with Gasteiger partial charge >= 0.3 is 6.18 Å². The average molecular weight is 442 g/mol. The largest absolute Gasteiger partial charge is 0.416 e. The van der Waals surface area contributed by atoms with Gasteiger partial charge in [-0.25, -0.2) is 8.42 Å². The molecular weight excluding hydrogens is 421 g/mol. The second kappa shape index (κ2) is 8.37. The van der Waals surface area contributed by atoms with Crippen molar-refractivity contribution < 1.29 is 31.1 Å². The molecule has 0 unspecified atom stereocenters. The van der Waals surface area contributed by atoms with E-state index in [2.05, 4.69) is 5.32 Å². The standard InChI is InChI=1S/C20H21F3N2O4S/c21-20(22,23)15-2-1-3-17(12-15)30(27,28)16-6-4-14(5-7-16)13-25-18(26)19(24)8-10-29-11-9-19/h1-7,12H,8-11,13,24H2,(H,25,26). The molecule has 0 aliphatic carbocycles.